The SMILES string of the molecule is O=C1CN(C(=O)Nc2ccccc2F)C(C(=O)O)CN1. The van der Waals surface area contributed by atoms with Gasteiger partial charge in [0.2, 0.25) is 5.91 Å². The van der Waals surface area contributed by atoms with E-state index in [4.69, 9.17) is 5.11 Å². The van der Waals surface area contributed by atoms with Crippen molar-refractivity contribution < 1.29 is 23.9 Å². The maximum atomic E-state index is 13.4. The fourth-order valence-corrected chi connectivity index (χ4v) is 1.83. The smallest absolute Gasteiger partial charge is 0.328 e. The summed E-state index contributed by atoms with van der Waals surface area (Å²) >= 11 is 0. The number of piperazine rings is 1. The summed E-state index contributed by atoms with van der Waals surface area (Å²) in [6.45, 7) is -0.573. The van der Waals surface area contributed by atoms with Gasteiger partial charge >= 0.3 is 12.0 Å². The van der Waals surface area contributed by atoms with Crippen LogP contribution in [0.4, 0.5) is 14.9 Å². The minimum atomic E-state index is -1.24. The van der Waals surface area contributed by atoms with Crippen molar-refractivity contribution in [3.05, 3.63) is 30.1 Å². The standard InChI is InChI=1S/C12H12FN3O4/c13-7-3-1-2-4-8(7)15-12(20)16-6-10(17)14-5-9(16)11(18)19/h1-4,9H,5-6H2,(H,14,17)(H,15,20)(H,18,19). The quantitative estimate of drug-likeness (QED) is 0.723. The average molecular weight is 281 g/mol. The van der Waals surface area contributed by atoms with Crippen LogP contribution >= 0.6 is 0 Å². The van der Waals surface area contributed by atoms with Gasteiger partial charge in [0.1, 0.15) is 18.4 Å². The topological polar surface area (TPSA) is 98.7 Å². The van der Waals surface area contributed by atoms with Gasteiger partial charge < -0.3 is 15.7 Å². The second kappa shape index (κ2) is 5.55. The van der Waals surface area contributed by atoms with Crippen molar-refractivity contribution in [2.75, 3.05) is 18.4 Å². The van der Waals surface area contributed by atoms with Gasteiger partial charge in [-0.25, -0.2) is 14.0 Å². The molecule has 0 bridgehead atoms. The lowest BCUT2D eigenvalue weighted by Crippen LogP contribution is -2.60. The number of aliphatic carboxylic acids is 1. The second-order valence-corrected chi connectivity index (χ2v) is 4.20. The third kappa shape index (κ3) is 2.85. The number of hydrogen-bond donors (Lipinski definition) is 3. The molecular formula is C12H12FN3O4. The number of anilines is 1. The minimum absolute atomic E-state index is 0.0763. The number of nitrogens with one attached hydrogen (secondary N) is 2. The van der Waals surface area contributed by atoms with E-state index in [-0.39, 0.29) is 12.2 Å². The fraction of sp³-hybridized carbons (Fsp3) is 0.250. The molecule has 1 aromatic rings. The molecule has 1 saturated heterocycles. The molecule has 0 radical (unpaired) electrons. The van der Waals surface area contributed by atoms with Crippen molar-refractivity contribution in [3.8, 4) is 0 Å². The van der Waals surface area contributed by atoms with Crippen LogP contribution in [0.25, 0.3) is 0 Å². The van der Waals surface area contributed by atoms with Crippen molar-refractivity contribution in [2.24, 2.45) is 0 Å². The molecule has 3 amide bonds. The van der Waals surface area contributed by atoms with Gasteiger partial charge in [0.05, 0.1) is 5.69 Å². The molecule has 3 N–H and O–H groups in total. The average Bonchev–Trinajstić information content (AvgIpc) is 2.40. The molecular weight excluding hydrogens is 269 g/mol. The first kappa shape index (κ1) is 13.8. The number of carbonyl (C=O) groups excluding carboxylic acids is 2. The Morgan fingerprint density at radius 2 is 2.10 bits per heavy atom. The molecule has 1 fully saturated rings. The molecule has 0 aromatic heterocycles. The summed E-state index contributed by atoms with van der Waals surface area (Å²) in [5.74, 6) is -2.35. The van der Waals surface area contributed by atoms with Crippen molar-refractivity contribution in [3.63, 3.8) is 0 Å². The van der Waals surface area contributed by atoms with Crippen molar-refractivity contribution >= 4 is 23.6 Å². The van der Waals surface area contributed by atoms with Crippen LogP contribution in [-0.2, 0) is 9.59 Å². The number of benzene rings is 1. The van der Waals surface area contributed by atoms with Crippen molar-refractivity contribution in [1.29, 1.82) is 0 Å². The number of halogens is 1. The van der Waals surface area contributed by atoms with E-state index >= 15 is 0 Å². The monoisotopic (exact) mass is 281 g/mol. The molecule has 1 heterocycles. The van der Waals surface area contributed by atoms with Gasteiger partial charge in [0.25, 0.3) is 0 Å². The van der Waals surface area contributed by atoms with Crippen LogP contribution in [0.3, 0.4) is 0 Å². The zero-order valence-corrected chi connectivity index (χ0v) is 10.3. The lowest BCUT2D eigenvalue weighted by molar-refractivity contribution is -0.144. The van der Waals surface area contributed by atoms with Gasteiger partial charge in [-0.1, -0.05) is 12.1 Å². The normalized spacial score (nSPS) is 18.4. The van der Waals surface area contributed by atoms with E-state index in [9.17, 15) is 18.8 Å². The summed E-state index contributed by atoms with van der Waals surface area (Å²) in [5.41, 5.74) is -0.0763. The molecule has 1 aliphatic rings. The molecule has 7 nitrogen and oxygen atoms in total. The number of rotatable bonds is 2. The van der Waals surface area contributed by atoms with Crippen molar-refractivity contribution in [1.82, 2.24) is 10.2 Å². The van der Waals surface area contributed by atoms with E-state index in [2.05, 4.69) is 10.6 Å². The number of carbonyl (C=O) groups is 3. The second-order valence-electron chi connectivity index (χ2n) is 4.20. The zero-order chi connectivity index (χ0) is 14.7. The Labute approximate surface area is 113 Å². The van der Waals surface area contributed by atoms with Crippen LogP contribution in [0, 0.1) is 5.82 Å². The van der Waals surface area contributed by atoms with Crippen LogP contribution in [0.5, 0.6) is 0 Å². The number of carboxylic acids is 1. The van der Waals surface area contributed by atoms with Gasteiger partial charge in [-0.3, -0.25) is 9.69 Å². The first-order valence-electron chi connectivity index (χ1n) is 5.80. The number of carboxylic acid groups (broad SMARTS) is 1. The molecule has 2 rings (SSSR count). The number of para-hydroxylation sites is 1. The first-order valence-corrected chi connectivity index (χ1v) is 5.80. The molecule has 0 aliphatic carbocycles. The van der Waals surface area contributed by atoms with Gasteiger partial charge in [-0.05, 0) is 12.1 Å². The highest BCUT2D eigenvalue weighted by Crippen LogP contribution is 2.14. The maximum absolute atomic E-state index is 13.4. The van der Waals surface area contributed by atoms with Crippen LogP contribution in [0.1, 0.15) is 0 Å². The predicted molar refractivity (Wildman–Crippen MR) is 66.6 cm³/mol. The maximum Gasteiger partial charge on any atom is 0.328 e. The third-order valence-corrected chi connectivity index (χ3v) is 2.84. The lowest BCUT2D eigenvalue weighted by atomic mass is 10.2. The molecule has 8 heteroatoms. The van der Waals surface area contributed by atoms with E-state index in [1.54, 1.807) is 0 Å². The Kier molecular flexibility index (Phi) is 3.83. The Hall–Kier alpha value is -2.64. The summed E-state index contributed by atoms with van der Waals surface area (Å²) in [6, 6.07) is 3.47. The third-order valence-electron chi connectivity index (χ3n) is 2.84. The predicted octanol–water partition coefficient (Wildman–Crippen LogP) is 0.243. The Morgan fingerprint density at radius 3 is 2.75 bits per heavy atom. The Bertz CT molecular complexity index is 563. The molecule has 1 aromatic carbocycles. The van der Waals surface area contributed by atoms with E-state index in [0.717, 1.165) is 11.0 Å². The number of nitrogens with zero attached hydrogens (tertiary/aromatic N) is 1. The van der Waals surface area contributed by atoms with Crippen LogP contribution in [-0.4, -0.2) is 47.0 Å². The lowest BCUT2D eigenvalue weighted by Gasteiger charge is -2.32. The van der Waals surface area contributed by atoms with Gasteiger partial charge in [0.15, 0.2) is 0 Å². The summed E-state index contributed by atoms with van der Waals surface area (Å²) in [4.78, 5) is 35.2. The van der Waals surface area contributed by atoms with Gasteiger partial charge in [-0.15, -0.1) is 0 Å². The van der Waals surface area contributed by atoms with E-state index in [0.29, 0.717) is 0 Å². The van der Waals surface area contributed by atoms with Crippen LogP contribution < -0.4 is 10.6 Å². The van der Waals surface area contributed by atoms with Gasteiger partial charge in [0, 0.05) is 6.54 Å². The van der Waals surface area contributed by atoms with E-state index in [1.807, 2.05) is 0 Å². The molecule has 0 saturated carbocycles. The zero-order valence-electron chi connectivity index (χ0n) is 10.3. The largest absolute Gasteiger partial charge is 0.480 e. The Balaban J connectivity index is 2.15. The highest BCUT2D eigenvalue weighted by Gasteiger charge is 2.35. The highest BCUT2D eigenvalue weighted by molar-refractivity contribution is 5.96. The van der Waals surface area contributed by atoms with Crippen LogP contribution in [0.15, 0.2) is 24.3 Å². The summed E-state index contributed by atoms with van der Waals surface area (Å²) in [7, 11) is 0. The molecule has 1 unspecified atom stereocenters. The van der Waals surface area contributed by atoms with E-state index < -0.39 is 36.3 Å². The van der Waals surface area contributed by atoms with E-state index in [1.165, 1.54) is 18.2 Å². The Morgan fingerprint density at radius 1 is 1.40 bits per heavy atom. The molecule has 1 atom stereocenters. The highest BCUT2D eigenvalue weighted by atomic mass is 19.1. The number of urea groups is 1. The molecule has 0 spiro atoms. The summed E-state index contributed by atoms with van der Waals surface area (Å²) in [6.07, 6.45) is 0. The minimum Gasteiger partial charge on any atom is -0.480 e. The van der Waals surface area contributed by atoms with Gasteiger partial charge in [-0.2, -0.15) is 0 Å². The number of amides is 3. The fourth-order valence-electron chi connectivity index (χ4n) is 1.83. The first-order chi connectivity index (χ1) is 9.49. The molecule has 20 heavy (non-hydrogen) atoms. The summed E-state index contributed by atoms with van der Waals surface area (Å²) in [5, 5.41) is 13.6. The van der Waals surface area contributed by atoms with Crippen molar-refractivity contribution in [2.45, 2.75) is 6.04 Å². The molecule has 1 aliphatic heterocycles. The number of hydrogen-bond acceptors (Lipinski definition) is 3. The van der Waals surface area contributed by atoms with Crippen LogP contribution in [0.2, 0.25) is 0 Å². The summed E-state index contributed by atoms with van der Waals surface area (Å²) < 4.78 is 13.4. The molecule has 106 valence electrons.